The number of nitrogens with zero attached hydrogens (tertiary/aromatic N) is 1. The van der Waals surface area contributed by atoms with Crippen molar-refractivity contribution < 1.29 is 4.74 Å². The Balaban J connectivity index is 1.85. The van der Waals surface area contributed by atoms with E-state index in [1.165, 1.54) is 4.88 Å². The van der Waals surface area contributed by atoms with Crippen molar-refractivity contribution in [2.45, 2.75) is 6.61 Å². The molecule has 0 amide bonds. The molecule has 86 valence electrons. The monoisotopic (exact) mass is 228 g/mol. The zero-order chi connectivity index (χ0) is 10.9. The third-order valence-corrected chi connectivity index (χ3v) is 2.83. The van der Waals surface area contributed by atoms with E-state index in [1.807, 2.05) is 0 Å². The van der Waals surface area contributed by atoms with Gasteiger partial charge in [0.25, 0.3) is 0 Å². The summed E-state index contributed by atoms with van der Waals surface area (Å²) in [6, 6.07) is 4.16. The SMILES string of the molecule is CN(C)CCNCCOCc1cccs1. The lowest BCUT2D eigenvalue weighted by Gasteiger charge is -2.10. The molecule has 4 heteroatoms. The van der Waals surface area contributed by atoms with Crippen LogP contribution in [0.5, 0.6) is 0 Å². The second kappa shape index (κ2) is 7.82. The van der Waals surface area contributed by atoms with Gasteiger partial charge in [-0.25, -0.2) is 0 Å². The first-order chi connectivity index (χ1) is 7.29. The number of nitrogens with one attached hydrogen (secondary N) is 1. The fourth-order valence-corrected chi connectivity index (χ4v) is 1.78. The van der Waals surface area contributed by atoms with Gasteiger partial charge in [-0.05, 0) is 25.5 Å². The Labute approximate surface area is 96.0 Å². The highest BCUT2D eigenvalue weighted by molar-refractivity contribution is 7.09. The summed E-state index contributed by atoms with van der Waals surface area (Å²) in [7, 11) is 4.16. The van der Waals surface area contributed by atoms with Crippen molar-refractivity contribution in [2.24, 2.45) is 0 Å². The van der Waals surface area contributed by atoms with E-state index in [2.05, 4.69) is 41.8 Å². The lowest BCUT2D eigenvalue weighted by atomic mass is 10.5. The van der Waals surface area contributed by atoms with E-state index >= 15 is 0 Å². The van der Waals surface area contributed by atoms with Gasteiger partial charge in [-0.1, -0.05) is 6.07 Å². The highest BCUT2D eigenvalue weighted by Gasteiger charge is 1.93. The highest BCUT2D eigenvalue weighted by atomic mass is 32.1. The second-order valence-electron chi connectivity index (χ2n) is 3.69. The van der Waals surface area contributed by atoms with Crippen LogP contribution in [0.4, 0.5) is 0 Å². The lowest BCUT2D eigenvalue weighted by molar-refractivity contribution is 0.124. The van der Waals surface area contributed by atoms with E-state index in [1.54, 1.807) is 11.3 Å². The molecule has 0 aromatic carbocycles. The molecule has 0 radical (unpaired) electrons. The molecule has 0 aliphatic rings. The Morgan fingerprint density at radius 2 is 2.27 bits per heavy atom. The quantitative estimate of drug-likeness (QED) is 0.681. The molecule has 0 aliphatic carbocycles. The fourth-order valence-electron chi connectivity index (χ4n) is 1.14. The smallest absolute Gasteiger partial charge is 0.0809 e. The minimum Gasteiger partial charge on any atom is -0.375 e. The van der Waals surface area contributed by atoms with Crippen LogP contribution < -0.4 is 5.32 Å². The van der Waals surface area contributed by atoms with Crippen molar-refractivity contribution in [1.82, 2.24) is 10.2 Å². The molecular formula is C11H20N2OS. The van der Waals surface area contributed by atoms with E-state index < -0.39 is 0 Å². The summed E-state index contributed by atoms with van der Waals surface area (Å²) in [6.07, 6.45) is 0. The van der Waals surface area contributed by atoms with Crippen LogP contribution in [-0.2, 0) is 11.3 Å². The number of likely N-dealkylation sites (N-methyl/N-ethyl adjacent to an activating group) is 1. The van der Waals surface area contributed by atoms with Crippen LogP contribution in [-0.4, -0.2) is 45.2 Å². The van der Waals surface area contributed by atoms with E-state index in [0.29, 0.717) is 0 Å². The van der Waals surface area contributed by atoms with Crippen molar-refractivity contribution >= 4 is 11.3 Å². The first-order valence-electron chi connectivity index (χ1n) is 5.24. The molecule has 1 N–H and O–H groups in total. The molecule has 0 aliphatic heterocycles. The minimum absolute atomic E-state index is 0.743. The van der Waals surface area contributed by atoms with Crippen LogP contribution in [0, 0.1) is 0 Å². The summed E-state index contributed by atoms with van der Waals surface area (Å²) in [6.45, 7) is 4.55. The molecule has 15 heavy (non-hydrogen) atoms. The third-order valence-electron chi connectivity index (χ3n) is 1.98. The molecule has 3 nitrogen and oxygen atoms in total. The van der Waals surface area contributed by atoms with Crippen molar-refractivity contribution in [2.75, 3.05) is 40.3 Å². The predicted octanol–water partition coefficient (Wildman–Crippen LogP) is 1.42. The average molecular weight is 228 g/mol. The van der Waals surface area contributed by atoms with Gasteiger partial charge in [-0.2, -0.15) is 0 Å². The summed E-state index contributed by atoms with van der Waals surface area (Å²) >= 11 is 1.74. The number of thiophene rings is 1. The molecule has 1 rings (SSSR count). The maximum absolute atomic E-state index is 5.52. The summed E-state index contributed by atoms with van der Waals surface area (Å²) in [5.41, 5.74) is 0. The summed E-state index contributed by atoms with van der Waals surface area (Å²) < 4.78 is 5.52. The lowest BCUT2D eigenvalue weighted by Crippen LogP contribution is -2.28. The van der Waals surface area contributed by atoms with Gasteiger partial charge < -0.3 is 15.0 Å². The first-order valence-corrected chi connectivity index (χ1v) is 6.12. The highest BCUT2D eigenvalue weighted by Crippen LogP contribution is 2.08. The van der Waals surface area contributed by atoms with Gasteiger partial charge in [0, 0.05) is 24.5 Å². The summed E-state index contributed by atoms with van der Waals surface area (Å²) in [5, 5.41) is 5.41. The van der Waals surface area contributed by atoms with Crippen molar-refractivity contribution in [1.29, 1.82) is 0 Å². The Morgan fingerprint density at radius 3 is 2.93 bits per heavy atom. The zero-order valence-electron chi connectivity index (χ0n) is 9.53. The van der Waals surface area contributed by atoms with Crippen molar-refractivity contribution in [3.63, 3.8) is 0 Å². The largest absolute Gasteiger partial charge is 0.375 e. The van der Waals surface area contributed by atoms with Crippen molar-refractivity contribution in [3.8, 4) is 0 Å². The maximum Gasteiger partial charge on any atom is 0.0809 e. The van der Waals surface area contributed by atoms with Crippen LogP contribution in [0.2, 0.25) is 0 Å². The van der Waals surface area contributed by atoms with E-state index in [-0.39, 0.29) is 0 Å². The van der Waals surface area contributed by atoms with Crippen LogP contribution in [0.25, 0.3) is 0 Å². The molecule has 0 unspecified atom stereocenters. The van der Waals surface area contributed by atoms with Gasteiger partial charge in [0.05, 0.1) is 13.2 Å². The van der Waals surface area contributed by atoms with Crippen molar-refractivity contribution in [3.05, 3.63) is 22.4 Å². The van der Waals surface area contributed by atoms with Crippen LogP contribution in [0.3, 0.4) is 0 Å². The Morgan fingerprint density at radius 1 is 1.40 bits per heavy atom. The van der Waals surface area contributed by atoms with Crippen LogP contribution >= 0.6 is 11.3 Å². The summed E-state index contributed by atoms with van der Waals surface area (Å²) in [5.74, 6) is 0. The molecule has 1 heterocycles. The first kappa shape index (κ1) is 12.6. The van der Waals surface area contributed by atoms with Gasteiger partial charge in [0.1, 0.15) is 0 Å². The Kier molecular flexibility index (Phi) is 6.59. The Hall–Kier alpha value is -0.420. The van der Waals surface area contributed by atoms with Gasteiger partial charge in [0.2, 0.25) is 0 Å². The third kappa shape index (κ3) is 6.62. The molecule has 0 bridgehead atoms. The predicted molar refractivity (Wildman–Crippen MR) is 65.4 cm³/mol. The normalized spacial score (nSPS) is 11.1. The molecule has 1 aromatic heterocycles. The van der Waals surface area contributed by atoms with Crippen LogP contribution in [0.15, 0.2) is 17.5 Å². The number of hydrogen-bond donors (Lipinski definition) is 1. The average Bonchev–Trinajstić information content (AvgIpc) is 2.68. The standard InChI is InChI=1S/C11H20N2OS/c1-13(2)7-5-12-6-8-14-10-11-4-3-9-15-11/h3-4,9,12H,5-8,10H2,1-2H3. The fraction of sp³-hybridized carbons (Fsp3) is 0.636. The van der Waals surface area contributed by atoms with E-state index in [0.717, 1.165) is 32.8 Å². The van der Waals surface area contributed by atoms with Gasteiger partial charge in [-0.3, -0.25) is 0 Å². The van der Waals surface area contributed by atoms with Crippen LogP contribution in [0.1, 0.15) is 4.88 Å². The maximum atomic E-state index is 5.52. The zero-order valence-corrected chi connectivity index (χ0v) is 10.3. The van der Waals surface area contributed by atoms with Gasteiger partial charge in [0.15, 0.2) is 0 Å². The number of hydrogen-bond acceptors (Lipinski definition) is 4. The Bertz CT molecular complexity index is 237. The van der Waals surface area contributed by atoms with E-state index in [9.17, 15) is 0 Å². The molecule has 0 fully saturated rings. The molecular weight excluding hydrogens is 208 g/mol. The molecule has 1 aromatic rings. The second-order valence-corrected chi connectivity index (χ2v) is 4.72. The molecule has 0 atom stereocenters. The van der Waals surface area contributed by atoms with Gasteiger partial charge in [-0.15, -0.1) is 11.3 Å². The topological polar surface area (TPSA) is 24.5 Å². The molecule has 0 spiro atoms. The molecule has 0 saturated carbocycles. The minimum atomic E-state index is 0.743. The number of ether oxygens (including phenoxy) is 1. The van der Waals surface area contributed by atoms with E-state index in [4.69, 9.17) is 4.74 Å². The summed E-state index contributed by atoms with van der Waals surface area (Å²) in [4.78, 5) is 3.46. The molecule has 0 saturated heterocycles. The van der Waals surface area contributed by atoms with Gasteiger partial charge >= 0.3 is 0 Å². The number of rotatable bonds is 8.